The number of oxime groups is 1. The van der Waals surface area contributed by atoms with Crippen molar-refractivity contribution in [2.24, 2.45) is 5.16 Å². The van der Waals surface area contributed by atoms with Crippen LogP contribution in [0.1, 0.15) is 46.4 Å². The predicted molar refractivity (Wildman–Crippen MR) is 265 cm³/mol. The van der Waals surface area contributed by atoms with E-state index in [9.17, 15) is 24.3 Å². The maximum Gasteiger partial charge on any atom is 0.352 e. The van der Waals surface area contributed by atoms with Gasteiger partial charge in [0.1, 0.15) is 41.6 Å². The lowest BCUT2D eigenvalue weighted by atomic mass is 9.77. The lowest BCUT2D eigenvalue weighted by Crippen LogP contribution is -2.71. The molecule has 352 valence electrons. The summed E-state index contributed by atoms with van der Waals surface area (Å²) in [4.78, 5) is 68.8. The van der Waals surface area contributed by atoms with Gasteiger partial charge in [-0.25, -0.2) is 9.78 Å². The van der Waals surface area contributed by atoms with Gasteiger partial charge in [0.25, 0.3) is 11.8 Å². The second kappa shape index (κ2) is 21.5. The summed E-state index contributed by atoms with van der Waals surface area (Å²) in [5, 5.41) is 22.6. The van der Waals surface area contributed by atoms with Crippen molar-refractivity contribution in [2.45, 2.75) is 35.0 Å². The maximum atomic E-state index is 14.8. The van der Waals surface area contributed by atoms with Crippen LogP contribution in [0.3, 0.4) is 0 Å². The lowest BCUT2D eigenvalue weighted by Gasteiger charge is -2.52. The maximum absolute atomic E-state index is 14.8. The second-order valence-corrected chi connectivity index (χ2v) is 18.7. The zero-order valence-corrected chi connectivity index (χ0v) is 39.3. The normalized spacial score (nSPS) is 18.5. The number of β-lactam (4-membered cyclic amide) rings is 1. The number of carbonyl (C=O) groups is 4. The highest BCUT2D eigenvalue weighted by Gasteiger charge is 2.58. The summed E-state index contributed by atoms with van der Waals surface area (Å²) in [6.07, 6.45) is 0. The van der Waals surface area contributed by atoms with Crippen molar-refractivity contribution in [1.29, 1.82) is 0 Å². The van der Waals surface area contributed by atoms with E-state index in [1.54, 1.807) is 5.38 Å². The van der Waals surface area contributed by atoms with Crippen molar-refractivity contribution >= 4 is 57.7 Å². The molecule has 0 bridgehead atoms. The number of esters is 1. The number of ether oxygens (including phenoxy) is 2. The molecule has 5 aromatic carbocycles. The monoisotopic (exact) mass is 962 g/mol. The van der Waals surface area contributed by atoms with E-state index in [0.29, 0.717) is 24.9 Å². The smallest absolute Gasteiger partial charge is 0.352 e. The fraction of sp³-hybridized carbons (Fsp3) is 0.245. The quantitative estimate of drug-likeness (QED) is 0.0200. The Balaban J connectivity index is 1.06. The molecule has 0 radical (unpaired) electrons. The number of thiazole rings is 1. The number of hydrogen-bond donors (Lipinski definition) is 3. The van der Waals surface area contributed by atoms with E-state index in [1.165, 1.54) is 34.9 Å². The first-order valence-corrected chi connectivity index (χ1v) is 24.4. The van der Waals surface area contributed by atoms with Crippen LogP contribution in [0.5, 0.6) is 0 Å². The van der Waals surface area contributed by atoms with Crippen molar-refractivity contribution in [1.82, 2.24) is 20.1 Å². The third-order valence-electron chi connectivity index (χ3n) is 12.4. The highest BCUT2D eigenvalue weighted by Crippen LogP contribution is 2.51. The number of hydrogen-bond acceptors (Lipinski definition) is 13. The van der Waals surface area contributed by atoms with Crippen LogP contribution in [-0.4, -0.2) is 112 Å². The fourth-order valence-corrected chi connectivity index (χ4v) is 11.6. The van der Waals surface area contributed by atoms with Gasteiger partial charge in [0, 0.05) is 48.7 Å². The van der Waals surface area contributed by atoms with Crippen molar-refractivity contribution < 1.29 is 38.6 Å². The minimum Gasteiger partial charge on any atom is -0.477 e. The van der Waals surface area contributed by atoms with E-state index in [0.717, 1.165) is 40.9 Å². The molecular formula is C53H50N6O8S2. The average molecular weight is 963 g/mol. The van der Waals surface area contributed by atoms with Crippen LogP contribution in [0.2, 0.25) is 0 Å². The van der Waals surface area contributed by atoms with Crippen molar-refractivity contribution in [3.05, 3.63) is 202 Å². The van der Waals surface area contributed by atoms with Gasteiger partial charge in [-0.15, -0.1) is 23.1 Å². The van der Waals surface area contributed by atoms with Crippen LogP contribution < -0.4 is 10.6 Å². The third kappa shape index (κ3) is 10.1. The molecule has 2 unspecified atom stereocenters. The molecule has 3 atom stereocenters. The van der Waals surface area contributed by atoms with E-state index in [4.69, 9.17) is 19.3 Å². The highest BCUT2D eigenvalue weighted by atomic mass is 32.2. The van der Waals surface area contributed by atoms with E-state index in [1.807, 2.05) is 115 Å². The Kier molecular flexibility index (Phi) is 14.6. The zero-order valence-electron chi connectivity index (χ0n) is 37.7. The molecule has 3 aliphatic rings. The summed E-state index contributed by atoms with van der Waals surface area (Å²) in [6, 6.07) is 48.3. The molecule has 0 saturated carbocycles. The van der Waals surface area contributed by atoms with Gasteiger partial charge in [-0.2, -0.15) is 0 Å². The molecule has 0 spiro atoms. The Morgan fingerprint density at radius 1 is 0.826 bits per heavy atom. The van der Waals surface area contributed by atoms with Gasteiger partial charge in [-0.05, 0) is 27.8 Å². The number of fused-ring (bicyclic) bond motifs is 1. The van der Waals surface area contributed by atoms with Gasteiger partial charge < -0.3 is 30.1 Å². The number of amides is 2. The van der Waals surface area contributed by atoms with Gasteiger partial charge in [-0.3, -0.25) is 24.2 Å². The number of rotatable bonds is 18. The summed E-state index contributed by atoms with van der Waals surface area (Å²) in [7, 11) is 0. The minimum absolute atomic E-state index is 0.161. The largest absolute Gasteiger partial charge is 0.477 e. The van der Waals surface area contributed by atoms with Gasteiger partial charge in [0.05, 0.1) is 13.2 Å². The summed E-state index contributed by atoms with van der Waals surface area (Å²) in [5.74, 6) is -3.76. The molecule has 3 N–H and O–H groups in total. The lowest BCUT2D eigenvalue weighted by molar-refractivity contribution is -0.150. The molecule has 3 aliphatic heterocycles. The number of carbonyl (C=O) groups excluding carboxylic acids is 3. The number of nitrogens with zero attached hydrogens (tertiary/aromatic N) is 4. The number of carboxylic acids is 1. The van der Waals surface area contributed by atoms with Crippen molar-refractivity contribution in [2.75, 3.05) is 51.4 Å². The summed E-state index contributed by atoms with van der Waals surface area (Å²) in [5.41, 5.74) is 3.77. The van der Waals surface area contributed by atoms with Crippen LogP contribution in [0.4, 0.5) is 5.13 Å². The number of thioether (sulfide) groups is 1. The summed E-state index contributed by atoms with van der Waals surface area (Å²) < 4.78 is 11.0. The second-order valence-electron chi connectivity index (χ2n) is 16.6. The Morgan fingerprint density at radius 2 is 1.36 bits per heavy atom. The van der Waals surface area contributed by atoms with Crippen LogP contribution in [0.15, 0.2) is 173 Å². The van der Waals surface area contributed by atoms with Gasteiger partial charge in [-0.1, -0.05) is 157 Å². The van der Waals surface area contributed by atoms with Gasteiger partial charge >= 0.3 is 11.9 Å². The first-order valence-electron chi connectivity index (χ1n) is 22.6. The number of anilines is 1. The van der Waals surface area contributed by atoms with Gasteiger partial charge in [0.15, 0.2) is 10.8 Å². The summed E-state index contributed by atoms with van der Waals surface area (Å²) >= 11 is 2.62. The Bertz CT molecular complexity index is 2670. The molecule has 14 nitrogen and oxygen atoms in total. The average Bonchev–Trinajstić information content (AvgIpc) is 3.85. The SMILES string of the molecule is CC(=O)OCC1=C(C(=O)O)N2C(=O)C(NC(=O)C(=NOCCN3CCOCC3)c3csc(NC(c4ccccc4)(c4ccccc4)c4ccccc4)n3)[C@H]2SC1C(c1ccccc1)c1ccccc1. The van der Waals surface area contributed by atoms with E-state index in [-0.39, 0.29) is 35.9 Å². The van der Waals surface area contributed by atoms with Crippen molar-refractivity contribution in [3.8, 4) is 0 Å². The van der Waals surface area contributed by atoms with Crippen molar-refractivity contribution in [3.63, 3.8) is 0 Å². The van der Waals surface area contributed by atoms with E-state index in [2.05, 4.69) is 57.1 Å². The molecule has 4 heterocycles. The molecule has 2 fully saturated rings. The third-order valence-corrected chi connectivity index (χ3v) is 14.8. The van der Waals surface area contributed by atoms with Crippen LogP contribution in [-0.2, 0) is 39.0 Å². The molecule has 0 aliphatic carbocycles. The van der Waals surface area contributed by atoms with Crippen LogP contribution in [0.25, 0.3) is 0 Å². The molecular weight excluding hydrogens is 913 g/mol. The number of carboxylic acid groups (broad SMARTS) is 1. The number of benzene rings is 5. The summed E-state index contributed by atoms with van der Waals surface area (Å²) in [6.45, 7) is 4.29. The molecule has 69 heavy (non-hydrogen) atoms. The predicted octanol–water partition coefficient (Wildman–Crippen LogP) is 7.10. The Hall–Kier alpha value is -7.11. The van der Waals surface area contributed by atoms with Crippen LogP contribution in [0, 0.1) is 0 Å². The first-order chi connectivity index (χ1) is 33.7. The van der Waals surface area contributed by atoms with Crippen LogP contribution >= 0.6 is 23.1 Å². The van der Waals surface area contributed by atoms with E-state index < -0.39 is 51.9 Å². The topological polar surface area (TPSA) is 172 Å². The number of nitrogens with one attached hydrogen (secondary N) is 2. The molecule has 1 aromatic heterocycles. The zero-order chi connectivity index (χ0) is 47.7. The highest BCUT2D eigenvalue weighted by molar-refractivity contribution is 8.01. The molecule has 16 heteroatoms. The van der Waals surface area contributed by atoms with Gasteiger partial charge in [0.2, 0.25) is 0 Å². The molecule has 2 amide bonds. The molecule has 2 saturated heterocycles. The Labute approximate surface area is 408 Å². The Morgan fingerprint density at radius 3 is 1.88 bits per heavy atom. The fourth-order valence-electron chi connectivity index (χ4n) is 9.11. The number of morpholine rings is 1. The first kappa shape index (κ1) is 47.0. The van der Waals surface area contributed by atoms with E-state index >= 15 is 0 Å². The number of aliphatic carboxylic acids is 1. The molecule has 9 rings (SSSR count). The molecule has 6 aromatic rings. The minimum atomic E-state index is -1.36. The number of aromatic nitrogens is 1. The standard InChI is InChI=1S/C53H50N6O8S2/c1-35(60)66-33-41-46(51(63)64)59-49(62)45(50(59)69-47(41)43(36-17-7-2-8-18-36)37-19-9-3-10-20-37)55-48(61)44(57-67-32-29-58-27-30-65-31-28-58)42-34-68-52(54-42)56-53(38-21-11-4-12-22-38,39-23-13-5-14-24-39)40-25-15-6-16-26-40/h2-26,34,43,45,47,50H,27-33H2,1H3,(H,54,56)(H,55,61)(H,63,64)/t45?,47?,50-/m1/s1.